The van der Waals surface area contributed by atoms with E-state index in [0.29, 0.717) is 5.69 Å². The number of anilines is 2. The zero-order valence-corrected chi connectivity index (χ0v) is 15.8. The number of benzene rings is 3. The van der Waals surface area contributed by atoms with Crippen molar-refractivity contribution < 1.29 is 18.8 Å². The van der Waals surface area contributed by atoms with E-state index in [2.05, 4.69) is 5.32 Å². The van der Waals surface area contributed by atoms with Crippen LogP contribution in [0.2, 0.25) is 0 Å². The molecule has 0 unspecified atom stereocenters. The van der Waals surface area contributed by atoms with Crippen LogP contribution >= 0.6 is 0 Å². The second-order valence-corrected chi connectivity index (χ2v) is 6.93. The molecule has 144 valence electrons. The van der Waals surface area contributed by atoms with Gasteiger partial charge in [0.25, 0.3) is 17.7 Å². The van der Waals surface area contributed by atoms with E-state index in [9.17, 15) is 18.8 Å². The Hall–Kier alpha value is -3.80. The summed E-state index contributed by atoms with van der Waals surface area (Å²) in [6, 6.07) is 15.6. The second-order valence-electron chi connectivity index (χ2n) is 6.93. The maximum atomic E-state index is 13.8. The minimum atomic E-state index is -0.566. The molecule has 0 bridgehead atoms. The summed E-state index contributed by atoms with van der Waals surface area (Å²) >= 11 is 0. The number of halogens is 1. The molecule has 5 nitrogen and oxygen atoms in total. The number of nitrogens with one attached hydrogen (secondary N) is 1. The number of imide groups is 1. The molecule has 0 aromatic heterocycles. The smallest absolute Gasteiger partial charge is 0.266 e. The third-order valence-corrected chi connectivity index (χ3v) is 4.88. The van der Waals surface area contributed by atoms with Crippen molar-refractivity contribution in [2.45, 2.75) is 13.8 Å². The lowest BCUT2D eigenvalue weighted by Gasteiger charge is -2.17. The van der Waals surface area contributed by atoms with Crippen LogP contribution in [0.5, 0.6) is 0 Å². The van der Waals surface area contributed by atoms with Gasteiger partial charge in [-0.25, -0.2) is 9.29 Å². The number of fused-ring (bicyclic) bond motifs is 1. The lowest BCUT2D eigenvalue weighted by Crippen LogP contribution is -2.30. The molecule has 3 aromatic carbocycles. The molecule has 3 amide bonds. The summed E-state index contributed by atoms with van der Waals surface area (Å²) in [6.07, 6.45) is 0. The summed E-state index contributed by atoms with van der Waals surface area (Å²) in [6.45, 7) is 3.71. The molecule has 0 saturated carbocycles. The summed E-state index contributed by atoms with van der Waals surface area (Å²) in [7, 11) is 0. The Labute approximate surface area is 166 Å². The van der Waals surface area contributed by atoms with E-state index in [-0.39, 0.29) is 22.4 Å². The van der Waals surface area contributed by atoms with Crippen molar-refractivity contribution in [3.8, 4) is 0 Å². The van der Waals surface area contributed by atoms with Crippen LogP contribution in [-0.2, 0) is 0 Å². The Morgan fingerprint density at radius 3 is 2.38 bits per heavy atom. The van der Waals surface area contributed by atoms with E-state index in [1.165, 1.54) is 36.4 Å². The molecule has 0 spiro atoms. The van der Waals surface area contributed by atoms with Gasteiger partial charge in [0, 0.05) is 5.56 Å². The molecule has 4 rings (SSSR count). The van der Waals surface area contributed by atoms with Gasteiger partial charge in [-0.1, -0.05) is 24.3 Å². The van der Waals surface area contributed by atoms with Crippen molar-refractivity contribution >= 4 is 29.1 Å². The number of rotatable bonds is 3. The third-order valence-electron chi connectivity index (χ3n) is 4.88. The molecule has 3 aromatic rings. The zero-order chi connectivity index (χ0) is 20.7. The number of nitrogens with zero attached hydrogens (tertiary/aromatic N) is 1. The maximum Gasteiger partial charge on any atom is 0.266 e. The summed E-state index contributed by atoms with van der Waals surface area (Å²) in [5.74, 6) is -2.04. The average Bonchev–Trinajstić information content (AvgIpc) is 2.95. The van der Waals surface area contributed by atoms with Crippen LogP contribution in [0.15, 0.2) is 60.7 Å². The Morgan fingerprint density at radius 2 is 1.62 bits per heavy atom. The molecular weight excluding hydrogens is 371 g/mol. The monoisotopic (exact) mass is 388 g/mol. The van der Waals surface area contributed by atoms with E-state index < -0.39 is 23.5 Å². The highest BCUT2D eigenvalue weighted by molar-refractivity contribution is 6.35. The highest BCUT2D eigenvalue weighted by Gasteiger charge is 2.37. The fraction of sp³-hybridized carbons (Fsp3) is 0.0870. The van der Waals surface area contributed by atoms with Gasteiger partial charge in [0.15, 0.2) is 0 Å². The van der Waals surface area contributed by atoms with Crippen LogP contribution in [0.25, 0.3) is 0 Å². The fourth-order valence-electron chi connectivity index (χ4n) is 3.32. The number of hydrogen-bond acceptors (Lipinski definition) is 3. The van der Waals surface area contributed by atoms with Gasteiger partial charge >= 0.3 is 0 Å². The number of amides is 3. The first-order valence-corrected chi connectivity index (χ1v) is 9.03. The van der Waals surface area contributed by atoms with Crippen molar-refractivity contribution in [3.63, 3.8) is 0 Å². The number of hydrogen-bond donors (Lipinski definition) is 1. The molecule has 0 saturated heterocycles. The fourth-order valence-corrected chi connectivity index (χ4v) is 3.32. The quantitative estimate of drug-likeness (QED) is 0.672. The van der Waals surface area contributed by atoms with Gasteiger partial charge in [-0.05, 0) is 61.4 Å². The molecule has 1 aliphatic rings. The topological polar surface area (TPSA) is 66.5 Å². The third kappa shape index (κ3) is 3.18. The molecule has 1 N–H and O–H groups in total. The molecule has 29 heavy (non-hydrogen) atoms. The number of para-hydroxylation sites is 1. The Bertz CT molecular complexity index is 1190. The van der Waals surface area contributed by atoms with Crippen LogP contribution in [0, 0.1) is 19.7 Å². The minimum Gasteiger partial charge on any atom is -0.319 e. The summed E-state index contributed by atoms with van der Waals surface area (Å²) in [5.41, 5.74) is 2.83. The van der Waals surface area contributed by atoms with E-state index >= 15 is 0 Å². The first-order valence-electron chi connectivity index (χ1n) is 9.03. The summed E-state index contributed by atoms with van der Waals surface area (Å²) in [4.78, 5) is 39.5. The molecule has 0 aliphatic carbocycles. The van der Waals surface area contributed by atoms with Gasteiger partial charge in [-0.2, -0.15) is 0 Å². The van der Waals surface area contributed by atoms with Crippen molar-refractivity contribution in [2.24, 2.45) is 0 Å². The molecule has 1 heterocycles. The van der Waals surface area contributed by atoms with E-state index in [1.54, 1.807) is 12.1 Å². The highest BCUT2D eigenvalue weighted by Crippen LogP contribution is 2.32. The van der Waals surface area contributed by atoms with Crippen LogP contribution in [0.4, 0.5) is 15.8 Å². The Morgan fingerprint density at radius 1 is 0.897 bits per heavy atom. The van der Waals surface area contributed by atoms with Gasteiger partial charge in [0.1, 0.15) is 5.82 Å². The SMILES string of the molecule is Cc1ccc(C)c(N2C(=O)c3ccc(C(=O)Nc4ccccc4F)cc3C2=O)c1. The molecular formula is C23H17FN2O3. The summed E-state index contributed by atoms with van der Waals surface area (Å²) < 4.78 is 13.8. The van der Waals surface area contributed by atoms with Crippen LogP contribution in [-0.4, -0.2) is 17.7 Å². The van der Waals surface area contributed by atoms with Gasteiger partial charge < -0.3 is 5.32 Å². The second kappa shape index (κ2) is 6.98. The molecule has 1 aliphatic heterocycles. The standard InChI is InChI=1S/C23H17FN2O3/c1-13-7-8-14(2)20(11-13)26-22(28)16-10-9-15(12-17(16)23(26)29)21(27)25-19-6-4-3-5-18(19)24/h3-12H,1-2H3,(H,25,27). The zero-order valence-electron chi connectivity index (χ0n) is 15.8. The predicted molar refractivity (Wildman–Crippen MR) is 108 cm³/mol. The number of aryl methyl sites for hydroxylation is 2. The molecule has 0 fully saturated rings. The Balaban J connectivity index is 1.68. The Kier molecular flexibility index (Phi) is 4.47. The molecule has 6 heteroatoms. The van der Waals surface area contributed by atoms with Crippen LogP contribution in [0.3, 0.4) is 0 Å². The largest absolute Gasteiger partial charge is 0.319 e. The van der Waals surface area contributed by atoms with Crippen molar-refractivity contribution in [1.29, 1.82) is 0 Å². The van der Waals surface area contributed by atoms with Crippen molar-refractivity contribution in [2.75, 3.05) is 10.2 Å². The van der Waals surface area contributed by atoms with E-state index in [4.69, 9.17) is 0 Å². The van der Waals surface area contributed by atoms with Gasteiger partial charge in [-0.15, -0.1) is 0 Å². The van der Waals surface area contributed by atoms with Crippen molar-refractivity contribution in [1.82, 2.24) is 0 Å². The van der Waals surface area contributed by atoms with Crippen LogP contribution in [0.1, 0.15) is 42.2 Å². The van der Waals surface area contributed by atoms with Crippen molar-refractivity contribution in [3.05, 3.63) is 94.3 Å². The van der Waals surface area contributed by atoms with Gasteiger partial charge in [0.05, 0.1) is 22.5 Å². The number of carbonyl (C=O) groups is 3. The molecule has 0 atom stereocenters. The van der Waals surface area contributed by atoms with Gasteiger partial charge in [0.2, 0.25) is 0 Å². The molecule has 0 radical (unpaired) electrons. The number of carbonyl (C=O) groups excluding carboxylic acids is 3. The first-order chi connectivity index (χ1) is 13.9. The highest BCUT2D eigenvalue weighted by atomic mass is 19.1. The normalized spacial score (nSPS) is 12.9. The lowest BCUT2D eigenvalue weighted by atomic mass is 10.1. The van der Waals surface area contributed by atoms with Crippen LogP contribution < -0.4 is 10.2 Å². The maximum absolute atomic E-state index is 13.8. The van der Waals surface area contributed by atoms with E-state index in [1.807, 2.05) is 26.0 Å². The predicted octanol–water partition coefficient (Wildman–Crippen LogP) is 4.50. The van der Waals surface area contributed by atoms with E-state index in [0.717, 1.165) is 16.0 Å². The average molecular weight is 388 g/mol. The van der Waals surface area contributed by atoms with Gasteiger partial charge in [-0.3, -0.25) is 14.4 Å². The minimum absolute atomic E-state index is 0.0393. The first kappa shape index (κ1) is 18.6. The lowest BCUT2D eigenvalue weighted by molar-refractivity contribution is 0.0925. The summed E-state index contributed by atoms with van der Waals surface area (Å²) in [5, 5.41) is 2.48.